The molecule has 2 bridgehead atoms. The maximum Gasteiger partial charge on any atom is 0.184 e. The summed E-state index contributed by atoms with van der Waals surface area (Å²) in [6.07, 6.45) is 7.41. The number of rotatable bonds is 8. The van der Waals surface area contributed by atoms with Crippen molar-refractivity contribution in [2.75, 3.05) is 0 Å². The average Bonchev–Trinajstić information content (AvgIpc) is 2.82. The van der Waals surface area contributed by atoms with E-state index in [9.17, 15) is 19.5 Å². The summed E-state index contributed by atoms with van der Waals surface area (Å²) in [4.78, 5) is 43.9. The van der Waals surface area contributed by atoms with Crippen LogP contribution in [-0.4, -0.2) is 22.5 Å². The Bertz CT molecular complexity index is 1210. The second kappa shape index (κ2) is 10.4. The fourth-order valence-corrected chi connectivity index (χ4v) is 6.16. The van der Waals surface area contributed by atoms with E-state index < -0.39 is 33.6 Å². The van der Waals surface area contributed by atoms with E-state index in [4.69, 9.17) is 0 Å². The van der Waals surface area contributed by atoms with Gasteiger partial charge in [-0.25, -0.2) is 0 Å². The summed E-state index contributed by atoms with van der Waals surface area (Å²) in [6, 6.07) is 8.68. The van der Waals surface area contributed by atoms with E-state index in [1.807, 2.05) is 73.6 Å². The Balaban J connectivity index is 2.45. The molecule has 0 radical (unpaired) electrons. The van der Waals surface area contributed by atoms with Crippen LogP contribution in [0.4, 0.5) is 0 Å². The Morgan fingerprint density at radius 3 is 2.03 bits per heavy atom. The number of fused-ring (bicyclic) bond motifs is 2. The van der Waals surface area contributed by atoms with Crippen LogP contribution < -0.4 is 0 Å². The van der Waals surface area contributed by atoms with E-state index in [1.54, 1.807) is 24.3 Å². The van der Waals surface area contributed by atoms with Crippen molar-refractivity contribution in [2.24, 2.45) is 22.2 Å². The monoisotopic (exact) mass is 502 g/mol. The highest BCUT2D eigenvalue weighted by Crippen LogP contribution is 2.66. The highest BCUT2D eigenvalue weighted by Gasteiger charge is 2.74. The van der Waals surface area contributed by atoms with E-state index in [1.165, 1.54) is 0 Å². The number of benzene rings is 1. The third-order valence-electron chi connectivity index (χ3n) is 8.47. The fraction of sp³-hybridized carbons (Fsp3) is 0.485. The number of allylic oxidation sites excluding steroid dienone is 8. The number of aliphatic hydroxyl groups excluding tert-OH is 1. The number of carbonyl (C=O) groups excluding carboxylic acids is 3. The summed E-state index contributed by atoms with van der Waals surface area (Å²) < 4.78 is 0. The predicted octanol–water partition coefficient (Wildman–Crippen LogP) is 7.92. The Morgan fingerprint density at radius 2 is 1.49 bits per heavy atom. The molecule has 2 aliphatic rings. The molecule has 1 unspecified atom stereocenters. The molecule has 1 aromatic carbocycles. The second-order valence-corrected chi connectivity index (χ2v) is 12.1. The van der Waals surface area contributed by atoms with Crippen LogP contribution in [0.15, 0.2) is 76.6 Å². The van der Waals surface area contributed by atoms with Crippen molar-refractivity contribution >= 4 is 17.3 Å². The van der Waals surface area contributed by atoms with Crippen LogP contribution in [-0.2, 0) is 9.59 Å². The first-order valence-electron chi connectivity index (χ1n) is 13.3. The van der Waals surface area contributed by atoms with Gasteiger partial charge in [-0.15, -0.1) is 0 Å². The minimum atomic E-state index is -1.92. The maximum absolute atomic E-state index is 14.8. The number of aliphatic hydroxyl groups is 1. The van der Waals surface area contributed by atoms with Crippen LogP contribution in [0.25, 0.3) is 0 Å². The molecule has 198 valence electrons. The molecule has 1 saturated carbocycles. The third-order valence-corrected chi connectivity index (χ3v) is 8.47. The van der Waals surface area contributed by atoms with Gasteiger partial charge in [0.2, 0.25) is 0 Å². The summed E-state index contributed by atoms with van der Waals surface area (Å²) in [6.45, 7) is 15.6. The number of carbonyl (C=O) groups is 3. The van der Waals surface area contributed by atoms with Gasteiger partial charge in [0.25, 0.3) is 0 Å². The van der Waals surface area contributed by atoms with Crippen molar-refractivity contribution in [2.45, 2.75) is 81.1 Å². The third kappa shape index (κ3) is 4.60. The smallest absolute Gasteiger partial charge is 0.184 e. The van der Waals surface area contributed by atoms with Crippen molar-refractivity contribution in [1.29, 1.82) is 0 Å². The lowest BCUT2D eigenvalue weighted by molar-refractivity contribution is -0.164. The largest absolute Gasteiger partial charge is 0.511 e. The Hall–Kier alpha value is -3.01. The van der Waals surface area contributed by atoms with E-state index >= 15 is 0 Å². The van der Waals surface area contributed by atoms with E-state index in [-0.39, 0.29) is 30.1 Å². The van der Waals surface area contributed by atoms with Gasteiger partial charge in [0.05, 0.1) is 5.41 Å². The maximum atomic E-state index is 14.8. The lowest BCUT2D eigenvalue weighted by Gasteiger charge is -2.59. The number of ketones is 3. The molecule has 4 heteroatoms. The van der Waals surface area contributed by atoms with Crippen LogP contribution in [0.5, 0.6) is 0 Å². The lowest BCUT2D eigenvalue weighted by Crippen LogP contribution is -2.69. The molecule has 0 heterocycles. The number of hydrogen-bond donors (Lipinski definition) is 1. The van der Waals surface area contributed by atoms with Crippen molar-refractivity contribution < 1.29 is 19.5 Å². The van der Waals surface area contributed by atoms with Crippen molar-refractivity contribution in [1.82, 2.24) is 0 Å². The van der Waals surface area contributed by atoms with E-state index in [2.05, 4.69) is 6.08 Å². The first-order chi connectivity index (χ1) is 17.2. The molecule has 37 heavy (non-hydrogen) atoms. The molecule has 1 N–H and O–H groups in total. The molecule has 4 nitrogen and oxygen atoms in total. The quantitative estimate of drug-likeness (QED) is 0.223. The van der Waals surface area contributed by atoms with Crippen LogP contribution in [0, 0.1) is 22.2 Å². The molecule has 1 fully saturated rings. The summed E-state index contributed by atoms with van der Waals surface area (Å²) in [7, 11) is 0. The van der Waals surface area contributed by atoms with Gasteiger partial charge >= 0.3 is 0 Å². The molecule has 2 aliphatic carbocycles. The first kappa shape index (κ1) is 28.6. The molecule has 1 aromatic rings. The SMILES string of the molecule is CC(C)=CCC1=C(O)[C@]2(CC=C(C)C)CC(CC=C(C)C)C(C)(C)[C@](C(=O)c3ccccc3)(C1=O)C2=O. The zero-order valence-electron chi connectivity index (χ0n) is 23.7. The number of hydrogen-bond acceptors (Lipinski definition) is 4. The van der Waals surface area contributed by atoms with Crippen LogP contribution in [0.1, 0.15) is 91.4 Å². The summed E-state index contributed by atoms with van der Waals surface area (Å²) >= 11 is 0. The van der Waals surface area contributed by atoms with Gasteiger partial charge in [-0.2, -0.15) is 0 Å². The van der Waals surface area contributed by atoms with Crippen LogP contribution >= 0.6 is 0 Å². The van der Waals surface area contributed by atoms with Crippen LogP contribution in [0.3, 0.4) is 0 Å². The van der Waals surface area contributed by atoms with Gasteiger partial charge in [-0.1, -0.05) is 79.1 Å². The normalized spacial score (nSPS) is 26.4. The molecule has 3 atom stereocenters. The summed E-state index contributed by atoms with van der Waals surface area (Å²) in [5.74, 6) is -1.77. The number of Topliss-reactive ketones (excluding diaryl/α,β-unsaturated/α-hetero) is 3. The van der Waals surface area contributed by atoms with Gasteiger partial charge in [-0.3, -0.25) is 14.4 Å². The van der Waals surface area contributed by atoms with E-state index in [0.717, 1.165) is 16.7 Å². The second-order valence-electron chi connectivity index (χ2n) is 12.1. The minimum Gasteiger partial charge on any atom is -0.511 e. The zero-order chi connectivity index (χ0) is 27.8. The minimum absolute atomic E-state index is 0.147. The van der Waals surface area contributed by atoms with Gasteiger partial charge in [0, 0.05) is 11.1 Å². The van der Waals surface area contributed by atoms with Crippen molar-refractivity contribution in [3.05, 3.63) is 82.2 Å². The van der Waals surface area contributed by atoms with E-state index in [0.29, 0.717) is 18.4 Å². The molecular formula is C33H42O4. The Morgan fingerprint density at radius 1 is 0.919 bits per heavy atom. The molecule has 0 aromatic heterocycles. The Kier molecular flexibility index (Phi) is 8.02. The molecular weight excluding hydrogens is 460 g/mol. The molecule has 3 rings (SSSR count). The Labute approximate surface area is 222 Å². The first-order valence-corrected chi connectivity index (χ1v) is 13.3. The van der Waals surface area contributed by atoms with Gasteiger partial charge in [0.15, 0.2) is 22.8 Å². The van der Waals surface area contributed by atoms with Crippen LogP contribution in [0.2, 0.25) is 0 Å². The lowest BCUT2D eigenvalue weighted by atomic mass is 9.39. The molecule has 0 aliphatic heterocycles. The van der Waals surface area contributed by atoms with Crippen molar-refractivity contribution in [3.63, 3.8) is 0 Å². The molecule has 0 spiro atoms. The molecule has 0 amide bonds. The standard InChI is InChI=1S/C33H42O4/c1-21(2)14-16-25-20-32(19-18-23(5)6)28(35)26(17-15-22(3)4)29(36)33(30(32)37,31(25,7)8)27(34)24-12-10-9-11-13-24/h9-15,18,25,35H,16-17,19-20H2,1-8H3/t25?,32-,33+/m0/s1. The van der Waals surface area contributed by atoms with Gasteiger partial charge in [0.1, 0.15) is 5.76 Å². The fourth-order valence-electron chi connectivity index (χ4n) is 6.16. The van der Waals surface area contributed by atoms with Gasteiger partial charge < -0.3 is 5.11 Å². The average molecular weight is 503 g/mol. The highest BCUT2D eigenvalue weighted by molar-refractivity contribution is 6.36. The highest BCUT2D eigenvalue weighted by atomic mass is 16.3. The van der Waals surface area contributed by atoms with Crippen molar-refractivity contribution in [3.8, 4) is 0 Å². The zero-order valence-corrected chi connectivity index (χ0v) is 23.7. The summed E-state index contributed by atoms with van der Waals surface area (Å²) in [5.41, 5.74) is -0.517. The molecule has 0 saturated heterocycles. The topological polar surface area (TPSA) is 71.4 Å². The van der Waals surface area contributed by atoms with Gasteiger partial charge in [-0.05, 0) is 78.6 Å². The predicted molar refractivity (Wildman–Crippen MR) is 149 cm³/mol. The summed E-state index contributed by atoms with van der Waals surface area (Å²) in [5, 5.41) is 11.8.